The molecule has 6 heteroatoms. The Morgan fingerprint density at radius 3 is 2.50 bits per heavy atom. The second-order valence-electron chi connectivity index (χ2n) is 5.07. The lowest BCUT2D eigenvalue weighted by atomic mass is 9.99. The van der Waals surface area contributed by atoms with Gasteiger partial charge in [-0.05, 0) is 30.0 Å². The molecule has 0 unspecified atom stereocenters. The molecule has 1 atom stereocenters. The van der Waals surface area contributed by atoms with Crippen molar-refractivity contribution in [1.82, 2.24) is 9.62 Å². The Kier molecular flexibility index (Phi) is 4.45. The molecule has 1 aliphatic heterocycles. The van der Waals surface area contributed by atoms with Crippen LogP contribution in [0, 0.1) is 0 Å². The van der Waals surface area contributed by atoms with Crippen molar-refractivity contribution in [3.63, 3.8) is 0 Å². The van der Waals surface area contributed by atoms with Gasteiger partial charge in [-0.25, -0.2) is 8.42 Å². The molecule has 0 aromatic heterocycles. The Balaban J connectivity index is 2.23. The highest BCUT2D eigenvalue weighted by atomic mass is 32.2. The molecule has 1 aromatic rings. The van der Waals surface area contributed by atoms with Crippen LogP contribution in [-0.4, -0.2) is 38.3 Å². The molecule has 1 fully saturated rings. The van der Waals surface area contributed by atoms with Crippen LogP contribution in [0.3, 0.4) is 0 Å². The van der Waals surface area contributed by atoms with E-state index in [4.69, 9.17) is 0 Å². The summed E-state index contributed by atoms with van der Waals surface area (Å²) < 4.78 is 26.1. The molecule has 1 amide bonds. The number of hydrogen-bond donors (Lipinski definition) is 1. The van der Waals surface area contributed by atoms with Gasteiger partial charge in [0.15, 0.2) is 0 Å². The maximum Gasteiger partial charge on any atom is 0.243 e. The third kappa shape index (κ3) is 3.02. The second-order valence-corrected chi connectivity index (χ2v) is 7.00. The van der Waals surface area contributed by atoms with E-state index in [-0.39, 0.29) is 17.3 Å². The molecule has 2 rings (SSSR count). The van der Waals surface area contributed by atoms with Crippen molar-refractivity contribution in [1.29, 1.82) is 0 Å². The normalized spacial score (nSPS) is 18.6. The summed E-state index contributed by atoms with van der Waals surface area (Å²) >= 11 is 0. The predicted molar refractivity (Wildman–Crippen MR) is 76.9 cm³/mol. The third-order valence-electron chi connectivity index (χ3n) is 3.70. The maximum absolute atomic E-state index is 12.4. The minimum atomic E-state index is -3.57. The number of nitrogens with one attached hydrogen (secondary N) is 1. The second kappa shape index (κ2) is 5.93. The fourth-order valence-corrected chi connectivity index (χ4v) is 3.57. The van der Waals surface area contributed by atoms with Gasteiger partial charge in [0.1, 0.15) is 0 Å². The Bertz CT molecular complexity index is 581. The third-order valence-corrected chi connectivity index (χ3v) is 5.56. The summed E-state index contributed by atoms with van der Waals surface area (Å²) in [6.07, 6.45) is 1.01. The summed E-state index contributed by atoms with van der Waals surface area (Å²) in [5, 5.41) is 2.62. The fraction of sp³-hybridized carbons (Fsp3) is 0.500. The SMILES string of the molecule is CC[C@@H](C)c1ccc(S(=O)(=O)N2CCNC(=O)C2)cc1. The standard InChI is InChI=1S/C14H20N2O3S/c1-3-11(2)12-4-6-13(7-5-12)20(18,19)16-9-8-15-14(17)10-16/h4-7,11H,3,8-10H2,1-2H3,(H,15,17)/t11-/m1/s1. The molecule has 20 heavy (non-hydrogen) atoms. The first-order valence-electron chi connectivity index (χ1n) is 6.82. The van der Waals surface area contributed by atoms with Gasteiger partial charge in [-0.2, -0.15) is 4.31 Å². The Hall–Kier alpha value is -1.40. The molecule has 110 valence electrons. The van der Waals surface area contributed by atoms with Crippen molar-refractivity contribution >= 4 is 15.9 Å². The minimum Gasteiger partial charge on any atom is -0.354 e. The highest BCUT2D eigenvalue weighted by Crippen LogP contribution is 2.22. The average molecular weight is 296 g/mol. The molecule has 1 saturated heterocycles. The van der Waals surface area contributed by atoms with Crippen LogP contribution >= 0.6 is 0 Å². The number of sulfonamides is 1. The number of nitrogens with zero attached hydrogens (tertiary/aromatic N) is 1. The number of carbonyl (C=O) groups is 1. The first-order valence-corrected chi connectivity index (χ1v) is 8.26. The van der Waals surface area contributed by atoms with E-state index < -0.39 is 10.0 Å². The first-order chi connectivity index (χ1) is 9.45. The van der Waals surface area contributed by atoms with E-state index in [1.165, 1.54) is 4.31 Å². The molecule has 0 bridgehead atoms. The molecule has 0 aliphatic carbocycles. The molecule has 1 aliphatic rings. The molecule has 1 aromatic carbocycles. The lowest BCUT2D eigenvalue weighted by Crippen LogP contribution is -2.49. The first kappa shape index (κ1) is 15.0. The van der Waals surface area contributed by atoms with Crippen LogP contribution in [0.5, 0.6) is 0 Å². The van der Waals surface area contributed by atoms with Crippen molar-refractivity contribution in [3.05, 3.63) is 29.8 Å². The Morgan fingerprint density at radius 1 is 1.30 bits per heavy atom. The van der Waals surface area contributed by atoms with E-state index >= 15 is 0 Å². The number of carbonyl (C=O) groups excluding carboxylic acids is 1. The van der Waals surface area contributed by atoms with E-state index in [9.17, 15) is 13.2 Å². The summed E-state index contributed by atoms with van der Waals surface area (Å²) in [5.74, 6) is 0.156. The quantitative estimate of drug-likeness (QED) is 0.911. The molecular formula is C14H20N2O3S. The van der Waals surface area contributed by atoms with Crippen LogP contribution in [-0.2, 0) is 14.8 Å². The molecule has 0 spiro atoms. The van der Waals surface area contributed by atoms with Crippen molar-refractivity contribution in [2.75, 3.05) is 19.6 Å². The van der Waals surface area contributed by atoms with Gasteiger partial charge in [0.25, 0.3) is 0 Å². The summed E-state index contributed by atoms with van der Waals surface area (Å²) in [6, 6.07) is 6.96. The lowest BCUT2D eigenvalue weighted by molar-refractivity contribution is -0.122. The summed E-state index contributed by atoms with van der Waals surface area (Å²) in [5.41, 5.74) is 1.13. The molecule has 5 nitrogen and oxygen atoms in total. The van der Waals surface area contributed by atoms with Crippen molar-refractivity contribution in [2.45, 2.75) is 31.1 Å². The summed E-state index contributed by atoms with van der Waals surface area (Å²) in [7, 11) is -3.57. The number of benzene rings is 1. The van der Waals surface area contributed by atoms with Crippen molar-refractivity contribution in [2.24, 2.45) is 0 Å². The highest BCUT2D eigenvalue weighted by Gasteiger charge is 2.28. The van der Waals surface area contributed by atoms with Crippen LogP contribution in [0.4, 0.5) is 0 Å². The number of amides is 1. The van der Waals surface area contributed by atoms with Gasteiger partial charge in [-0.1, -0.05) is 26.0 Å². The largest absolute Gasteiger partial charge is 0.354 e. The van der Waals surface area contributed by atoms with Gasteiger partial charge in [-0.15, -0.1) is 0 Å². The van der Waals surface area contributed by atoms with E-state index in [0.29, 0.717) is 19.0 Å². The summed E-state index contributed by atoms with van der Waals surface area (Å²) in [6.45, 7) is 4.79. The van der Waals surface area contributed by atoms with Crippen LogP contribution in [0.1, 0.15) is 31.7 Å². The monoisotopic (exact) mass is 296 g/mol. The zero-order valence-electron chi connectivity index (χ0n) is 11.8. The zero-order valence-corrected chi connectivity index (χ0v) is 12.6. The van der Waals surface area contributed by atoms with Crippen molar-refractivity contribution < 1.29 is 13.2 Å². The van der Waals surface area contributed by atoms with Crippen LogP contribution in [0.2, 0.25) is 0 Å². The van der Waals surface area contributed by atoms with E-state index in [0.717, 1.165) is 12.0 Å². The summed E-state index contributed by atoms with van der Waals surface area (Å²) in [4.78, 5) is 11.6. The van der Waals surface area contributed by atoms with E-state index in [1.807, 2.05) is 12.1 Å². The van der Waals surface area contributed by atoms with Gasteiger partial charge >= 0.3 is 0 Å². The maximum atomic E-state index is 12.4. The van der Waals surface area contributed by atoms with Crippen LogP contribution in [0.15, 0.2) is 29.2 Å². The fourth-order valence-electron chi connectivity index (χ4n) is 2.17. The number of hydrogen-bond acceptors (Lipinski definition) is 3. The average Bonchev–Trinajstić information content (AvgIpc) is 2.46. The molecular weight excluding hydrogens is 276 g/mol. The van der Waals surface area contributed by atoms with Gasteiger partial charge in [0.05, 0.1) is 11.4 Å². The molecule has 1 heterocycles. The minimum absolute atomic E-state index is 0.102. The smallest absolute Gasteiger partial charge is 0.243 e. The van der Waals surface area contributed by atoms with Crippen LogP contribution < -0.4 is 5.32 Å². The lowest BCUT2D eigenvalue weighted by Gasteiger charge is -2.26. The molecule has 0 saturated carbocycles. The van der Waals surface area contributed by atoms with Gasteiger partial charge < -0.3 is 5.32 Å². The Labute approximate surface area is 120 Å². The predicted octanol–water partition coefficient (Wildman–Crippen LogP) is 1.32. The zero-order chi connectivity index (χ0) is 14.8. The number of piperazine rings is 1. The number of rotatable bonds is 4. The van der Waals surface area contributed by atoms with Gasteiger partial charge in [-0.3, -0.25) is 4.79 Å². The molecule has 1 N–H and O–H groups in total. The van der Waals surface area contributed by atoms with Gasteiger partial charge in [0.2, 0.25) is 15.9 Å². The topological polar surface area (TPSA) is 66.5 Å². The highest BCUT2D eigenvalue weighted by molar-refractivity contribution is 7.89. The Morgan fingerprint density at radius 2 is 1.95 bits per heavy atom. The van der Waals surface area contributed by atoms with Crippen LogP contribution in [0.25, 0.3) is 0 Å². The van der Waals surface area contributed by atoms with E-state index in [1.54, 1.807) is 12.1 Å². The van der Waals surface area contributed by atoms with Gasteiger partial charge in [0, 0.05) is 13.1 Å². The molecule has 0 radical (unpaired) electrons. The van der Waals surface area contributed by atoms with E-state index in [2.05, 4.69) is 19.2 Å². The van der Waals surface area contributed by atoms with Crippen molar-refractivity contribution in [3.8, 4) is 0 Å².